The van der Waals surface area contributed by atoms with Crippen molar-refractivity contribution in [2.45, 2.75) is 99.3 Å². The van der Waals surface area contributed by atoms with Crippen LogP contribution >= 0.6 is 0 Å². The van der Waals surface area contributed by atoms with Gasteiger partial charge in [-0.05, 0) is 107 Å². The minimum Gasteiger partial charge on any atom is -0.372 e. The van der Waals surface area contributed by atoms with E-state index in [1.807, 2.05) is 39.8 Å². The second-order valence-corrected chi connectivity index (χ2v) is 12.9. The number of hydrogen-bond donors (Lipinski definition) is 0. The van der Waals surface area contributed by atoms with Gasteiger partial charge in [0.2, 0.25) is 0 Å². The Bertz CT molecular complexity index is 1790. The summed E-state index contributed by atoms with van der Waals surface area (Å²) >= 11 is 0. The summed E-state index contributed by atoms with van der Waals surface area (Å²) in [6.45, 7) is 19.1. The Kier molecular flexibility index (Phi) is 8.82. The molecule has 3 heterocycles. The highest BCUT2D eigenvalue weighted by Gasteiger charge is 2.42. The Morgan fingerprint density at radius 3 is 1.63 bits per heavy atom. The lowest BCUT2D eigenvalue weighted by molar-refractivity contribution is 0.414. The van der Waals surface area contributed by atoms with Gasteiger partial charge in [0, 0.05) is 41.1 Å². The second-order valence-electron chi connectivity index (χ2n) is 12.9. The molecule has 0 aliphatic heterocycles. The fraction of sp³-hybridized carbons (Fsp3) is 0.447. The number of fused-ring (bicyclic) bond motifs is 3. The molecular formula is C38H48N8. The van der Waals surface area contributed by atoms with E-state index in [1.54, 1.807) is 9.36 Å². The highest BCUT2D eigenvalue weighted by atomic mass is 15.4. The summed E-state index contributed by atoms with van der Waals surface area (Å²) < 4.78 is 3.61. The van der Waals surface area contributed by atoms with Crippen LogP contribution in [-0.4, -0.2) is 47.6 Å². The number of aryl methyl sites for hydroxylation is 4. The van der Waals surface area contributed by atoms with Gasteiger partial charge in [0.1, 0.15) is 0 Å². The third-order valence-electron chi connectivity index (χ3n) is 9.65. The normalized spacial score (nSPS) is 13.2. The predicted molar refractivity (Wildman–Crippen MR) is 187 cm³/mol. The summed E-state index contributed by atoms with van der Waals surface area (Å²) in [6, 6.07) is 18.1. The molecule has 0 saturated heterocycles. The van der Waals surface area contributed by atoms with E-state index in [1.165, 1.54) is 53.6 Å². The molecule has 0 atom stereocenters. The molecule has 3 aromatic heterocycles. The molecular weight excluding hydrogens is 568 g/mol. The van der Waals surface area contributed by atoms with Crippen LogP contribution in [0.5, 0.6) is 0 Å². The van der Waals surface area contributed by atoms with E-state index in [4.69, 9.17) is 25.1 Å². The highest BCUT2D eigenvalue weighted by Crippen LogP contribution is 2.55. The summed E-state index contributed by atoms with van der Waals surface area (Å²) in [5.74, 6) is 1.62. The molecule has 6 rings (SSSR count). The van der Waals surface area contributed by atoms with Gasteiger partial charge in [0.05, 0.1) is 11.4 Å². The van der Waals surface area contributed by atoms with Gasteiger partial charge in [-0.1, -0.05) is 57.7 Å². The number of hydrogen-bond acceptors (Lipinski definition) is 6. The first-order valence-corrected chi connectivity index (χ1v) is 17.1. The number of unbranched alkanes of at least 4 members (excludes halogenated alkanes) is 2. The summed E-state index contributed by atoms with van der Waals surface area (Å²) in [7, 11) is 0. The van der Waals surface area contributed by atoms with Crippen molar-refractivity contribution >= 4 is 5.69 Å². The molecule has 240 valence electrons. The zero-order valence-corrected chi connectivity index (χ0v) is 28.9. The molecule has 5 aromatic rings. The molecule has 0 N–H and O–H groups in total. The summed E-state index contributed by atoms with van der Waals surface area (Å²) in [6.07, 6.45) is 6.94. The minimum atomic E-state index is -0.0556. The standard InChI is InChI=1S/C38H48N8/c1-9-13-19-38(20-14-10-2)33-23-29(15-17-31(33)32-18-16-30(24-34(32)38)44(11-3)12-4)35-39-36(45-27(7)21-25(5)42-45)41-37(40-35)46-28(8)22-26(6)43-46/h15-18,21-24H,9-14,19-20H2,1-8H3. The van der Waals surface area contributed by atoms with Gasteiger partial charge in [-0.3, -0.25) is 0 Å². The lowest BCUT2D eigenvalue weighted by atomic mass is 9.70. The Morgan fingerprint density at radius 2 is 1.15 bits per heavy atom. The number of aromatic nitrogens is 7. The molecule has 0 fully saturated rings. The predicted octanol–water partition coefficient (Wildman–Crippen LogP) is 8.64. The third-order valence-corrected chi connectivity index (χ3v) is 9.65. The van der Waals surface area contributed by atoms with E-state index in [-0.39, 0.29) is 5.41 Å². The smallest absolute Gasteiger partial charge is 0.256 e. The number of rotatable bonds is 12. The Morgan fingerprint density at radius 1 is 0.630 bits per heavy atom. The van der Waals surface area contributed by atoms with Crippen molar-refractivity contribution in [1.82, 2.24) is 34.5 Å². The van der Waals surface area contributed by atoms with Crippen LogP contribution in [0.15, 0.2) is 48.5 Å². The highest BCUT2D eigenvalue weighted by molar-refractivity contribution is 5.85. The van der Waals surface area contributed by atoms with Crippen molar-refractivity contribution < 1.29 is 0 Å². The van der Waals surface area contributed by atoms with Gasteiger partial charge in [-0.15, -0.1) is 0 Å². The van der Waals surface area contributed by atoms with Crippen molar-refractivity contribution in [2.24, 2.45) is 0 Å². The lowest BCUT2D eigenvalue weighted by Crippen LogP contribution is -2.27. The first-order valence-electron chi connectivity index (χ1n) is 17.1. The van der Waals surface area contributed by atoms with E-state index in [0.29, 0.717) is 17.7 Å². The first kappa shape index (κ1) is 31.6. The van der Waals surface area contributed by atoms with Crippen molar-refractivity contribution in [2.75, 3.05) is 18.0 Å². The molecule has 0 saturated carbocycles. The summed E-state index contributed by atoms with van der Waals surface area (Å²) in [5.41, 5.74) is 11.6. The maximum Gasteiger partial charge on any atom is 0.256 e. The molecule has 2 aromatic carbocycles. The van der Waals surface area contributed by atoms with Crippen LogP contribution in [0.1, 0.15) is 100 Å². The molecule has 8 nitrogen and oxygen atoms in total. The molecule has 0 radical (unpaired) electrons. The van der Waals surface area contributed by atoms with Crippen molar-refractivity contribution in [1.29, 1.82) is 0 Å². The van der Waals surface area contributed by atoms with Gasteiger partial charge >= 0.3 is 0 Å². The molecule has 1 aliphatic carbocycles. The minimum absolute atomic E-state index is 0.0556. The quantitative estimate of drug-likeness (QED) is 0.140. The monoisotopic (exact) mass is 616 g/mol. The van der Waals surface area contributed by atoms with E-state index >= 15 is 0 Å². The lowest BCUT2D eigenvalue weighted by Gasteiger charge is -2.34. The van der Waals surface area contributed by atoms with Gasteiger partial charge in [-0.25, -0.2) is 9.36 Å². The zero-order chi connectivity index (χ0) is 32.6. The largest absolute Gasteiger partial charge is 0.372 e. The van der Waals surface area contributed by atoms with Gasteiger partial charge in [0.25, 0.3) is 11.9 Å². The second kappa shape index (κ2) is 12.8. The van der Waals surface area contributed by atoms with E-state index < -0.39 is 0 Å². The molecule has 0 bridgehead atoms. The molecule has 1 aliphatic rings. The van der Waals surface area contributed by atoms with Crippen molar-refractivity contribution in [3.8, 4) is 34.4 Å². The van der Waals surface area contributed by atoms with Crippen LogP contribution < -0.4 is 4.90 Å². The maximum absolute atomic E-state index is 5.05. The average molecular weight is 617 g/mol. The third kappa shape index (κ3) is 5.52. The topological polar surface area (TPSA) is 77.5 Å². The molecule has 0 amide bonds. The first-order chi connectivity index (χ1) is 22.2. The Hall–Kier alpha value is -4.33. The Balaban J connectivity index is 1.56. The fourth-order valence-corrected chi connectivity index (χ4v) is 7.36. The SMILES string of the molecule is CCCCC1(CCCC)c2cc(-c3nc(-n4nc(C)cc4C)nc(-n4nc(C)cc4C)n3)ccc2-c2ccc(N(CC)CC)cc21. The fourth-order valence-electron chi connectivity index (χ4n) is 7.36. The number of nitrogens with zero attached hydrogens (tertiary/aromatic N) is 8. The van der Waals surface area contributed by atoms with Crippen LogP contribution in [0.3, 0.4) is 0 Å². The number of anilines is 1. The maximum atomic E-state index is 5.05. The Labute approximate surface area is 273 Å². The zero-order valence-electron chi connectivity index (χ0n) is 28.9. The van der Waals surface area contributed by atoms with Crippen LogP contribution in [0.4, 0.5) is 5.69 Å². The van der Waals surface area contributed by atoms with Crippen molar-refractivity contribution in [3.05, 3.63) is 82.4 Å². The van der Waals surface area contributed by atoms with Gasteiger partial charge in [0.15, 0.2) is 5.82 Å². The summed E-state index contributed by atoms with van der Waals surface area (Å²) in [5, 5.41) is 9.44. The average Bonchev–Trinajstić information content (AvgIpc) is 3.68. The van der Waals surface area contributed by atoms with Crippen LogP contribution in [0.25, 0.3) is 34.4 Å². The van der Waals surface area contributed by atoms with Crippen LogP contribution in [0.2, 0.25) is 0 Å². The number of benzene rings is 2. The molecule has 8 heteroatoms. The summed E-state index contributed by atoms with van der Waals surface area (Å²) in [4.78, 5) is 17.4. The van der Waals surface area contributed by atoms with Gasteiger partial charge < -0.3 is 4.90 Å². The van der Waals surface area contributed by atoms with Crippen LogP contribution in [0, 0.1) is 27.7 Å². The van der Waals surface area contributed by atoms with Crippen molar-refractivity contribution in [3.63, 3.8) is 0 Å². The van der Waals surface area contributed by atoms with E-state index in [9.17, 15) is 0 Å². The van der Waals surface area contributed by atoms with Gasteiger partial charge in [-0.2, -0.15) is 25.1 Å². The molecule has 46 heavy (non-hydrogen) atoms. The molecule has 0 unspecified atom stereocenters. The van der Waals surface area contributed by atoms with E-state index in [0.717, 1.165) is 54.3 Å². The molecule has 0 spiro atoms. The van der Waals surface area contributed by atoms with E-state index in [2.05, 4.69) is 69.0 Å². The van der Waals surface area contributed by atoms with Crippen LogP contribution in [-0.2, 0) is 5.41 Å².